The molecule has 0 saturated carbocycles. The van der Waals surface area contributed by atoms with E-state index >= 15 is 0 Å². The Labute approximate surface area is 130 Å². The van der Waals surface area contributed by atoms with Crippen LogP contribution in [0.4, 0.5) is 10.9 Å². The summed E-state index contributed by atoms with van der Waals surface area (Å²) < 4.78 is 0.704. The fourth-order valence-corrected chi connectivity index (χ4v) is 3.47. The van der Waals surface area contributed by atoms with Gasteiger partial charge in [0, 0.05) is 10.9 Å². The predicted molar refractivity (Wildman–Crippen MR) is 85.8 cm³/mol. The number of thiazole rings is 1. The second-order valence-corrected chi connectivity index (χ2v) is 7.22. The predicted octanol–water partition coefficient (Wildman–Crippen LogP) is 3.19. The number of amides is 1. The normalized spacial score (nSPS) is 10.8. The van der Waals surface area contributed by atoms with Crippen molar-refractivity contribution in [2.45, 2.75) is 26.4 Å². The maximum atomic E-state index is 12.1. The summed E-state index contributed by atoms with van der Waals surface area (Å²) >= 11 is 8.53. The van der Waals surface area contributed by atoms with Gasteiger partial charge in [-0.3, -0.25) is 4.79 Å². The van der Waals surface area contributed by atoms with E-state index in [9.17, 15) is 4.79 Å². The zero-order chi connectivity index (χ0) is 14.7. The molecule has 5 nitrogen and oxygen atoms in total. The van der Waals surface area contributed by atoms with E-state index < -0.39 is 0 Å². The standard InChI is InChI=1S/C12H15ClN4OS2/c1-6(2)16-12-17-10(14)9(20-12)11(18)15-5-7-3-4-8(13)19-7/h3-4,6H,5,14H2,1-2H3,(H,15,18)(H,16,17). The van der Waals surface area contributed by atoms with Crippen LogP contribution in [0.5, 0.6) is 0 Å². The molecule has 0 bridgehead atoms. The van der Waals surface area contributed by atoms with Gasteiger partial charge in [0.15, 0.2) is 5.13 Å². The number of carbonyl (C=O) groups excluding carboxylic acids is 1. The van der Waals surface area contributed by atoms with E-state index in [1.165, 1.54) is 22.7 Å². The molecule has 0 unspecified atom stereocenters. The van der Waals surface area contributed by atoms with Gasteiger partial charge < -0.3 is 16.4 Å². The van der Waals surface area contributed by atoms with E-state index in [4.69, 9.17) is 17.3 Å². The van der Waals surface area contributed by atoms with E-state index in [0.717, 1.165) is 4.88 Å². The summed E-state index contributed by atoms with van der Waals surface area (Å²) in [6.07, 6.45) is 0. The lowest BCUT2D eigenvalue weighted by molar-refractivity contribution is 0.0956. The number of aromatic nitrogens is 1. The van der Waals surface area contributed by atoms with Crippen molar-refractivity contribution in [3.63, 3.8) is 0 Å². The number of nitrogens with zero attached hydrogens (tertiary/aromatic N) is 1. The van der Waals surface area contributed by atoms with Crippen molar-refractivity contribution in [2.24, 2.45) is 0 Å². The third-order valence-corrected chi connectivity index (χ3v) is 4.56. The van der Waals surface area contributed by atoms with Crippen LogP contribution in [0.1, 0.15) is 28.4 Å². The minimum atomic E-state index is -0.221. The molecule has 1 amide bonds. The van der Waals surface area contributed by atoms with Crippen LogP contribution in [0.2, 0.25) is 4.34 Å². The molecular weight excluding hydrogens is 316 g/mol. The summed E-state index contributed by atoms with van der Waals surface area (Å²) in [5, 5.41) is 6.60. The zero-order valence-corrected chi connectivity index (χ0v) is 13.5. The molecule has 0 aliphatic rings. The van der Waals surface area contributed by atoms with Gasteiger partial charge in [-0.2, -0.15) is 0 Å². The Morgan fingerprint density at radius 1 is 1.45 bits per heavy atom. The molecule has 108 valence electrons. The van der Waals surface area contributed by atoms with E-state index in [-0.39, 0.29) is 17.8 Å². The molecule has 0 radical (unpaired) electrons. The number of anilines is 2. The number of carbonyl (C=O) groups is 1. The number of nitrogens with two attached hydrogens (primary N) is 1. The second kappa shape index (κ2) is 6.43. The third-order valence-electron chi connectivity index (χ3n) is 2.32. The Balaban J connectivity index is 2.00. The van der Waals surface area contributed by atoms with Gasteiger partial charge in [-0.15, -0.1) is 11.3 Å². The maximum absolute atomic E-state index is 12.1. The van der Waals surface area contributed by atoms with Crippen molar-refractivity contribution >= 4 is 51.1 Å². The van der Waals surface area contributed by atoms with Crippen molar-refractivity contribution in [1.29, 1.82) is 0 Å². The van der Waals surface area contributed by atoms with Gasteiger partial charge in [-0.1, -0.05) is 22.9 Å². The van der Waals surface area contributed by atoms with Gasteiger partial charge in [0.05, 0.1) is 10.9 Å². The summed E-state index contributed by atoms with van der Waals surface area (Å²) in [5.41, 5.74) is 5.77. The quantitative estimate of drug-likeness (QED) is 0.786. The molecule has 0 atom stereocenters. The zero-order valence-electron chi connectivity index (χ0n) is 11.1. The lowest BCUT2D eigenvalue weighted by Gasteiger charge is -2.04. The summed E-state index contributed by atoms with van der Waals surface area (Å²) in [6, 6.07) is 3.93. The molecule has 2 rings (SSSR count). The van der Waals surface area contributed by atoms with E-state index in [2.05, 4.69) is 15.6 Å². The molecule has 0 fully saturated rings. The molecule has 0 aromatic carbocycles. The molecule has 4 N–H and O–H groups in total. The second-order valence-electron chi connectivity index (χ2n) is 4.42. The van der Waals surface area contributed by atoms with E-state index in [1.807, 2.05) is 19.9 Å². The molecule has 0 aliphatic carbocycles. The van der Waals surface area contributed by atoms with Crippen molar-refractivity contribution in [3.05, 3.63) is 26.2 Å². The minimum Gasteiger partial charge on any atom is -0.382 e. The number of nitrogen functional groups attached to an aromatic ring is 1. The Morgan fingerprint density at radius 3 is 2.80 bits per heavy atom. The first-order valence-corrected chi connectivity index (χ1v) is 8.02. The highest BCUT2D eigenvalue weighted by atomic mass is 35.5. The van der Waals surface area contributed by atoms with Crippen LogP contribution < -0.4 is 16.4 Å². The molecule has 0 aliphatic heterocycles. The molecule has 0 spiro atoms. The van der Waals surface area contributed by atoms with Gasteiger partial charge in [-0.05, 0) is 26.0 Å². The smallest absolute Gasteiger partial charge is 0.265 e. The van der Waals surface area contributed by atoms with Crippen LogP contribution in [-0.4, -0.2) is 16.9 Å². The van der Waals surface area contributed by atoms with Crippen LogP contribution >= 0.6 is 34.3 Å². The average Bonchev–Trinajstić information content (AvgIpc) is 2.92. The Bertz CT molecular complexity index is 608. The van der Waals surface area contributed by atoms with Gasteiger partial charge >= 0.3 is 0 Å². The highest BCUT2D eigenvalue weighted by Gasteiger charge is 2.16. The van der Waals surface area contributed by atoms with Crippen LogP contribution in [0.15, 0.2) is 12.1 Å². The molecule has 2 heterocycles. The summed E-state index contributed by atoms with van der Waals surface area (Å²) in [5.74, 6) is 0.0289. The SMILES string of the molecule is CC(C)Nc1nc(N)c(C(=O)NCc2ccc(Cl)s2)s1. The van der Waals surface area contributed by atoms with Gasteiger partial charge in [-0.25, -0.2) is 4.98 Å². The number of nitrogens with one attached hydrogen (secondary N) is 2. The van der Waals surface area contributed by atoms with Crippen molar-refractivity contribution < 1.29 is 4.79 Å². The number of halogens is 1. The molecular formula is C12H15ClN4OS2. The fraction of sp³-hybridized carbons (Fsp3) is 0.333. The van der Waals surface area contributed by atoms with Crippen LogP contribution in [0, 0.1) is 0 Å². The number of hydrogen-bond donors (Lipinski definition) is 3. The van der Waals surface area contributed by atoms with Gasteiger partial charge in [0.2, 0.25) is 0 Å². The lowest BCUT2D eigenvalue weighted by Crippen LogP contribution is -2.22. The van der Waals surface area contributed by atoms with Crippen molar-refractivity contribution in [1.82, 2.24) is 10.3 Å². The highest BCUT2D eigenvalue weighted by Crippen LogP contribution is 2.26. The summed E-state index contributed by atoms with van der Waals surface area (Å²) in [7, 11) is 0. The molecule has 2 aromatic heterocycles. The monoisotopic (exact) mass is 330 g/mol. The summed E-state index contributed by atoms with van der Waals surface area (Å²) in [6.45, 7) is 4.43. The number of hydrogen-bond acceptors (Lipinski definition) is 6. The number of rotatable bonds is 5. The molecule has 2 aromatic rings. The molecule has 20 heavy (non-hydrogen) atoms. The summed E-state index contributed by atoms with van der Waals surface area (Å²) in [4.78, 5) is 17.6. The minimum absolute atomic E-state index is 0.221. The topological polar surface area (TPSA) is 80.0 Å². The molecule has 0 saturated heterocycles. The largest absolute Gasteiger partial charge is 0.382 e. The Kier molecular flexibility index (Phi) is 4.85. The first-order valence-electron chi connectivity index (χ1n) is 6.01. The first kappa shape index (κ1) is 15.1. The van der Waals surface area contributed by atoms with E-state index in [1.54, 1.807) is 6.07 Å². The number of thiophene rings is 1. The maximum Gasteiger partial charge on any atom is 0.265 e. The fourth-order valence-electron chi connectivity index (χ4n) is 1.50. The van der Waals surface area contributed by atoms with Gasteiger partial charge in [0.25, 0.3) is 5.91 Å². The molecule has 8 heteroatoms. The highest BCUT2D eigenvalue weighted by molar-refractivity contribution is 7.18. The van der Waals surface area contributed by atoms with Gasteiger partial charge in [0.1, 0.15) is 10.7 Å². The third kappa shape index (κ3) is 3.84. The average molecular weight is 331 g/mol. The Hall–Kier alpha value is -1.31. The van der Waals surface area contributed by atoms with Crippen LogP contribution in [0.3, 0.4) is 0 Å². The first-order chi connectivity index (χ1) is 9.45. The van der Waals surface area contributed by atoms with Crippen LogP contribution in [0.25, 0.3) is 0 Å². The van der Waals surface area contributed by atoms with E-state index in [0.29, 0.717) is 20.9 Å². The van der Waals surface area contributed by atoms with Crippen molar-refractivity contribution in [2.75, 3.05) is 11.1 Å². The lowest BCUT2D eigenvalue weighted by atomic mass is 10.4. The van der Waals surface area contributed by atoms with Crippen molar-refractivity contribution in [3.8, 4) is 0 Å². The Morgan fingerprint density at radius 2 is 2.20 bits per heavy atom. The van der Waals surface area contributed by atoms with Crippen LogP contribution in [-0.2, 0) is 6.54 Å².